The monoisotopic (exact) mass is 273 g/mol. The van der Waals surface area contributed by atoms with Crippen molar-refractivity contribution in [2.24, 2.45) is 0 Å². The van der Waals surface area contributed by atoms with Gasteiger partial charge in [-0.05, 0) is 25.0 Å². The largest absolute Gasteiger partial charge is 0.481 e. The highest BCUT2D eigenvalue weighted by Gasteiger charge is 2.03. The molecule has 2 heterocycles. The molecule has 0 amide bonds. The van der Waals surface area contributed by atoms with Crippen molar-refractivity contribution in [3.63, 3.8) is 0 Å². The Morgan fingerprint density at radius 3 is 3.05 bits per heavy atom. The number of pyridine rings is 1. The van der Waals surface area contributed by atoms with E-state index in [1.54, 1.807) is 0 Å². The van der Waals surface area contributed by atoms with Crippen molar-refractivity contribution < 1.29 is 9.90 Å². The summed E-state index contributed by atoms with van der Waals surface area (Å²) in [4.78, 5) is 14.7. The van der Waals surface area contributed by atoms with Gasteiger partial charge in [-0.2, -0.15) is 0 Å². The van der Waals surface area contributed by atoms with Gasteiger partial charge in [0.15, 0.2) is 0 Å². The van der Waals surface area contributed by atoms with Crippen LogP contribution in [0.3, 0.4) is 0 Å². The van der Waals surface area contributed by atoms with Crippen LogP contribution in [0.4, 0.5) is 0 Å². The highest BCUT2D eigenvalue weighted by atomic mass is 16.4. The molecule has 2 aromatic heterocycles. The highest BCUT2D eigenvalue weighted by molar-refractivity contribution is 5.66. The number of carbonyl (C=O) groups is 1. The van der Waals surface area contributed by atoms with Gasteiger partial charge in [-0.25, -0.2) is 4.98 Å². The zero-order chi connectivity index (χ0) is 14.4. The molecular formula is C15H19N3O2. The lowest BCUT2D eigenvalue weighted by Crippen LogP contribution is -2.16. The molecular weight excluding hydrogens is 254 g/mol. The highest BCUT2D eigenvalue weighted by Crippen LogP contribution is 2.07. The van der Waals surface area contributed by atoms with Crippen LogP contribution in [0.15, 0.2) is 42.9 Å². The van der Waals surface area contributed by atoms with Crippen molar-refractivity contribution in [1.29, 1.82) is 0 Å². The van der Waals surface area contributed by atoms with Gasteiger partial charge in [-0.3, -0.25) is 4.79 Å². The zero-order valence-corrected chi connectivity index (χ0v) is 11.4. The first-order chi connectivity index (χ1) is 9.66. The van der Waals surface area contributed by atoms with E-state index in [1.807, 2.05) is 30.6 Å². The Kier molecular flexibility index (Phi) is 4.76. The van der Waals surface area contributed by atoms with E-state index in [0.29, 0.717) is 12.8 Å². The number of hydrogen-bond donors (Lipinski definition) is 2. The van der Waals surface area contributed by atoms with Crippen LogP contribution in [0.1, 0.15) is 25.0 Å². The molecule has 0 radical (unpaired) electrons. The lowest BCUT2D eigenvalue weighted by molar-refractivity contribution is -0.137. The summed E-state index contributed by atoms with van der Waals surface area (Å²) in [5, 5.41) is 11.8. The van der Waals surface area contributed by atoms with Gasteiger partial charge >= 0.3 is 5.97 Å². The van der Waals surface area contributed by atoms with Crippen LogP contribution in [0.5, 0.6) is 0 Å². The normalized spacial score (nSPS) is 10.6. The molecule has 2 rings (SSSR count). The van der Waals surface area contributed by atoms with Crippen LogP contribution in [0, 0.1) is 0 Å². The Balaban J connectivity index is 1.75. The first kappa shape index (κ1) is 14.1. The summed E-state index contributed by atoms with van der Waals surface area (Å²) in [5.74, 6) is -0.761. The van der Waals surface area contributed by atoms with E-state index in [2.05, 4.69) is 21.3 Å². The van der Waals surface area contributed by atoms with Crippen molar-refractivity contribution in [2.45, 2.75) is 25.7 Å². The van der Waals surface area contributed by atoms with Gasteiger partial charge in [-0.15, -0.1) is 0 Å². The molecule has 0 aliphatic carbocycles. The molecule has 0 saturated heterocycles. The van der Waals surface area contributed by atoms with Gasteiger partial charge in [0.25, 0.3) is 0 Å². The Labute approximate surface area is 118 Å². The third-order valence-corrected chi connectivity index (χ3v) is 3.12. The van der Waals surface area contributed by atoms with Gasteiger partial charge in [0.2, 0.25) is 0 Å². The second-order valence-electron chi connectivity index (χ2n) is 4.71. The Morgan fingerprint density at radius 2 is 2.25 bits per heavy atom. The third-order valence-electron chi connectivity index (χ3n) is 3.12. The summed E-state index contributed by atoms with van der Waals surface area (Å²) in [6.45, 7) is 4.68. The minimum absolute atomic E-state index is 0.188. The lowest BCUT2D eigenvalue weighted by Gasteiger charge is -2.08. The fourth-order valence-electron chi connectivity index (χ4n) is 2.08. The van der Waals surface area contributed by atoms with Gasteiger partial charge < -0.3 is 14.8 Å². The minimum atomic E-state index is -0.761. The number of imidazole rings is 1. The van der Waals surface area contributed by atoms with Crippen LogP contribution in [0.2, 0.25) is 0 Å². The van der Waals surface area contributed by atoms with Crippen molar-refractivity contribution in [3.8, 4) is 0 Å². The quantitative estimate of drug-likeness (QED) is 0.774. The summed E-state index contributed by atoms with van der Waals surface area (Å²) in [6, 6.07) is 5.92. The van der Waals surface area contributed by atoms with Gasteiger partial charge in [-0.1, -0.05) is 12.6 Å². The topological polar surface area (TPSA) is 66.6 Å². The number of aliphatic carboxylic acids is 1. The summed E-state index contributed by atoms with van der Waals surface area (Å²) in [7, 11) is 0. The second kappa shape index (κ2) is 6.75. The average molecular weight is 273 g/mol. The van der Waals surface area contributed by atoms with E-state index < -0.39 is 5.97 Å². The standard InChI is InChI=1S/C15H19N3O2/c1-12(5-4-7-15(19)20)16-9-8-13-11-17-14-6-2-3-10-18(13)14/h2-3,6,10-11,16H,1,4-5,7-9H2,(H,19,20). The molecule has 0 aliphatic heterocycles. The molecule has 2 N–H and O–H groups in total. The van der Waals surface area contributed by atoms with Gasteiger partial charge in [0.1, 0.15) is 5.65 Å². The fourth-order valence-corrected chi connectivity index (χ4v) is 2.08. The van der Waals surface area contributed by atoms with E-state index in [4.69, 9.17) is 5.11 Å². The summed E-state index contributed by atoms with van der Waals surface area (Å²) in [6.07, 6.45) is 6.23. The zero-order valence-electron chi connectivity index (χ0n) is 11.4. The van der Waals surface area contributed by atoms with Crippen molar-refractivity contribution in [3.05, 3.63) is 48.6 Å². The number of carboxylic acid groups (broad SMARTS) is 1. The number of allylic oxidation sites excluding steroid dienone is 1. The fraction of sp³-hybridized carbons (Fsp3) is 0.333. The molecule has 0 fully saturated rings. The first-order valence-electron chi connectivity index (χ1n) is 6.71. The molecule has 20 heavy (non-hydrogen) atoms. The summed E-state index contributed by atoms with van der Waals surface area (Å²) >= 11 is 0. The van der Waals surface area contributed by atoms with E-state index >= 15 is 0 Å². The number of fused-ring (bicyclic) bond motifs is 1. The molecule has 5 heteroatoms. The van der Waals surface area contributed by atoms with Crippen molar-refractivity contribution in [2.75, 3.05) is 6.54 Å². The molecule has 0 unspecified atom stereocenters. The van der Waals surface area contributed by atoms with Crippen molar-refractivity contribution in [1.82, 2.24) is 14.7 Å². The van der Waals surface area contributed by atoms with Crippen LogP contribution < -0.4 is 5.32 Å². The SMILES string of the molecule is C=C(CCCC(=O)O)NCCc1cnc2ccccn12. The summed E-state index contributed by atoms with van der Waals surface area (Å²) in [5.41, 5.74) is 2.98. The number of aromatic nitrogens is 2. The molecule has 0 bridgehead atoms. The molecule has 0 spiro atoms. The molecule has 0 aromatic carbocycles. The molecule has 0 aliphatic rings. The van der Waals surface area contributed by atoms with Crippen LogP contribution >= 0.6 is 0 Å². The van der Waals surface area contributed by atoms with E-state index in [-0.39, 0.29) is 6.42 Å². The molecule has 2 aromatic rings. The predicted molar refractivity (Wildman–Crippen MR) is 77.5 cm³/mol. The Morgan fingerprint density at radius 1 is 1.40 bits per heavy atom. The minimum Gasteiger partial charge on any atom is -0.481 e. The second-order valence-corrected chi connectivity index (χ2v) is 4.71. The molecule has 0 saturated carbocycles. The predicted octanol–water partition coefficient (Wildman–Crippen LogP) is 2.24. The molecule has 5 nitrogen and oxygen atoms in total. The smallest absolute Gasteiger partial charge is 0.303 e. The first-order valence-corrected chi connectivity index (χ1v) is 6.71. The van der Waals surface area contributed by atoms with Crippen LogP contribution in [-0.2, 0) is 11.2 Å². The number of nitrogens with zero attached hydrogens (tertiary/aromatic N) is 2. The maximum Gasteiger partial charge on any atom is 0.303 e. The molecule has 106 valence electrons. The maximum absolute atomic E-state index is 10.4. The number of carboxylic acids is 1. The van der Waals surface area contributed by atoms with Crippen LogP contribution in [-0.4, -0.2) is 27.0 Å². The maximum atomic E-state index is 10.4. The van der Waals surface area contributed by atoms with E-state index in [1.165, 1.54) is 0 Å². The van der Waals surface area contributed by atoms with Gasteiger partial charge in [0, 0.05) is 43.2 Å². The molecule has 0 atom stereocenters. The Hall–Kier alpha value is -2.30. The third kappa shape index (κ3) is 3.85. The van der Waals surface area contributed by atoms with E-state index in [9.17, 15) is 4.79 Å². The van der Waals surface area contributed by atoms with Gasteiger partial charge in [0.05, 0.1) is 0 Å². The summed E-state index contributed by atoms with van der Waals surface area (Å²) < 4.78 is 2.06. The number of rotatable bonds is 8. The Bertz CT molecular complexity index is 604. The van der Waals surface area contributed by atoms with Crippen molar-refractivity contribution >= 4 is 11.6 Å². The lowest BCUT2D eigenvalue weighted by atomic mass is 10.2. The average Bonchev–Trinajstić information content (AvgIpc) is 2.82. The van der Waals surface area contributed by atoms with E-state index in [0.717, 1.165) is 30.0 Å². The van der Waals surface area contributed by atoms with Crippen LogP contribution in [0.25, 0.3) is 5.65 Å². The number of nitrogens with one attached hydrogen (secondary N) is 1. The number of hydrogen-bond acceptors (Lipinski definition) is 3.